The van der Waals surface area contributed by atoms with E-state index in [0.717, 1.165) is 19.6 Å². The van der Waals surface area contributed by atoms with Crippen LogP contribution in [-0.4, -0.2) is 47.1 Å². The topological polar surface area (TPSA) is 95.7 Å². The van der Waals surface area contributed by atoms with E-state index in [1.807, 2.05) is 0 Å². The van der Waals surface area contributed by atoms with Gasteiger partial charge in [-0.3, -0.25) is 10.1 Å². The van der Waals surface area contributed by atoms with E-state index in [-0.39, 0.29) is 16.9 Å². The fraction of sp³-hybridized carbons (Fsp3) is 0.500. The Morgan fingerprint density at radius 3 is 2.67 bits per heavy atom. The molecular formula is C14H19N3O4. The summed E-state index contributed by atoms with van der Waals surface area (Å²) >= 11 is 0. The van der Waals surface area contributed by atoms with E-state index in [1.165, 1.54) is 31.4 Å². The van der Waals surface area contributed by atoms with Crippen LogP contribution in [0.5, 0.6) is 0 Å². The summed E-state index contributed by atoms with van der Waals surface area (Å²) in [6.07, 6.45) is 3.64. The van der Waals surface area contributed by atoms with Crippen LogP contribution in [0.15, 0.2) is 18.2 Å². The Kier molecular flexibility index (Phi) is 5.10. The van der Waals surface area contributed by atoms with Crippen LogP contribution in [-0.2, 0) is 0 Å². The van der Waals surface area contributed by atoms with Crippen LogP contribution in [0.2, 0.25) is 0 Å². The molecule has 1 fully saturated rings. The van der Waals surface area contributed by atoms with E-state index < -0.39 is 10.9 Å². The van der Waals surface area contributed by atoms with Crippen molar-refractivity contribution in [3.05, 3.63) is 33.9 Å². The highest BCUT2D eigenvalue weighted by Crippen LogP contribution is 2.28. The van der Waals surface area contributed by atoms with Gasteiger partial charge in [0, 0.05) is 13.1 Å². The Morgan fingerprint density at radius 2 is 2.05 bits per heavy atom. The lowest BCUT2D eigenvalue weighted by atomic mass is 10.1. The minimum atomic E-state index is -1.29. The number of nitro benzene ring substituents is 1. The Labute approximate surface area is 122 Å². The predicted molar refractivity (Wildman–Crippen MR) is 78.8 cm³/mol. The molecular weight excluding hydrogens is 274 g/mol. The number of nitro groups is 1. The first-order chi connectivity index (χ1) is 10.1. The van der Waals surface area contributed by atoms with Gasteiger partial charge in [-0.2, -0.15) is 0 Å². The van der Waals surface area contributed by atoms with Crippen LogP contribution in [0.4, 0.5) is 11.4 Å². The second-order valence-electron chi connectivity index (χ2n) is 5.09. The Hall–Kier alpha value is -2.15. The Morgan fingerprint density at radius 1 is 1.33 bits per heavy atom. The molecule has 0 atom stereocenters. The van der Waals surface area contributed by atoms with Crippen molar-refractivity contribution in [1.29, 1.82) is 0 Å². The van der Waals surface area contributed by atoms with Crippen LogP contribution in [0.3, 0.4) is 0 Å². The zero-order chi connectivity index (χ0) is 15.2. The molecule has 1 aliphatic rings. The first-order valence-corrected chi connectivity index (χ1v) is 7.06. The standard InChI is InChI=1S/C14H19N3O4/c18-14(19)11-5-4-6-12(13(11)17(20)21)15-7-10-16-8-2-1-3-9-16/h4-6,15H,1-3,7-10H2,(H,18,19). The molecule has 1 aliphatic heterocycles. The highest BCUT2D eigenvalue weighted by Gasteiger charge is 2.24. The van der Waals surface area contributed by atoms with Crippen molar-refractivity contribution < 1.29 is 14.8 Å². The molecule has 0 spiro atoms. The highest BCUT2D eigenvalue weighted by atomic mass is 16.6. The van der Waals surface area contributed by atoms with Crippen molar-refractivity contribution in [2.75, 3.05) is 31.5 Å². The van der Waals surface area contributed by atoms with Gasteiger partial charge in [-0.05, 0) is 38.1 Å². The van der Waals surface area contributed by atoms with E-state index in [0.29, 0.717) is 6.54 Å². The first kappa shape index (κ1) is 15.2. The maximum atomic E-state index is 11.1. The maximum absolute atomic E-state index is 11.1. The number of hydrogen-bond acceptors (Lipinski definition) is 5. The maximum Gasteiger partial charge on any atom is 0.342 e. The second-order valence-corrected chi connectivity index (χ2v) is 5.09. The molecule has 0 aromatic heterocycles. The summed E-state index contributed by atoms with van der Waals surface area (Å²) in [5, 5.41) is 23.1. The second kappa shape index (κ2) is 7.03. The molecule has 0 aliphatic carbocycles. The largest absolute Gasteiger partial charge is 0.477 e. The van der Waals surface area contributed by atoms with Crippen LogP contribution >= 0.6 is 0 Å². The number of aromatic carboxylic acids is 1. The fourth-order valence-corrected chi connectivity index (χ4v) is 2.59. The molecule has 0 radical (unpaired) electrons. The summed E-state index contributed by atoms with van der Waals surface area (Å²) in [7, 11) is 0. The van der Waals surface area contributed by atoms with Crippen molar-refractivity contribution in [2.24, 2.45) is 0 Å². The number of carboxylic acids is 1. The molecule has 1 saturated heterocycles. The molecule has 7 nitrogen and oxygen atoms in total. The fourth-order valence-electron chi connectivity index (χ4n) is 2.59. The van der Waals surface area contributed by atoms with E-state index in [4.69, 9.17) is 5.11 Å². The predicted octanol–water partition coefficient (Wildman–Crippen LogP) is 2.19. The van der Waals surface area contributed by atoms with E-state index in [2.05, 4.69) is 10.2 Å². The normalized spacial score (nSPS) is 15.6. The van der Waals surface area contributed by atoms with Crippen molar-refractivity contribution in [3.63, 3.8) is 0 Å². The molecule has 2 N–H and O–H groups in total. The van der Waals surface area contributed by atoms with E-state index in [9.17, 15) is 14.9 Å². The number of anilines is 1. The molecule has 7 heteroatoms. The number of piperidine rings is 1. The van der Waals surface area contributed by atoms with Crippen LogP contribution in [0.1, 0.15) is 29.6 Å². The summed E-state index contributed by atoms with van der Waals surface area (Å²) in [6, 6.07) is 4.30. The SMILES string of the molecule is O=C(O)c1cccc(NCCN2CCCCC2)c1[N+](=O)[O-]. The number of carboxylic acid groups (broad SMARTS) is 1. The molecule has 1 aromatic carbocycles. The lowest BCUT2D eigenvalue weighted by Crippen LogP contribution is -2.33. The van der Waals surface area contributed by atoms with Crippen molar-refractivity contribution >= 4 is 17.3 Å². The molecule has 1 aromatic rings. The third-order valence-electron chi connectivity index (χ3n) is 3.64. The number of carbonyl (C=O) groups is 1. The number of nitrogens with one attached hydrogen (secondary N) is 1. The van der Waals surface area contributed by atoms with Crippen molar-refractivity contribution in [2.45, 2.75) is 19.3 Å². The number of hydrogen-bond donors (Lipinski definition) is 2. The average Bonchev–Trinajstić information content (AvgIpc) is 2.47. The summed E-state index contributed by atoms with van der Waals surface area (Å²) < 4.78 is 0. The number of nitrogens with zero attached hydrogens (tertiary/aromatic N) is 2. The monoisotopic (exact) mass is 293 g/mol. The smallest absolute Gasteiger partial charge is 0.342 e. The molecule has 0 bridgehead atoms. The van der Waals surface area contributed by atoms with Gasteiger partial charge in [0.2, 0.25) is 0 Å². The van der Waals surface area contributed by atoms with Gasteiger partial charge in [0.25, 0.3) is 0 Å². The number of likely N-dealkylation sites (tertiary alicyclic amines) is 1. The van der Waals surface area contributed by atoms with E-state index >= 15 is 0 Å². The molecule has 0 unspecified atom stereocenters. The van der Waals surface area contributed by atoms with Gasteiger partial charge in [0.15, 0.2) is 0 Å². The van der Waals surface area contributed by atoms with Crippen molar-refractivity contribution in [1.82, 2.24) is 4.90 Å². The number of benzene rings is 1. The third kappa shape index (κ3) is 3.91. The molecule has 1 heterocycles. The van der Waals surface area contributed by atoms with Gasteiger partial charge in [-0.1, -0.05) is 12.5 Å². The molecule has 0 amide bonds. The van der Waals surface area contributed by atoms with Crippen LogP contribution in [0, 0.1) is 10.1 Å². The molecule has 21 heavy (non-hydrogen) atoms. The number of para-hydroxylation sites is 1. The average molecular weight is 293 g/mol. The molecule has 114 valence electrons. The van der Waals surface area contributed by atoms with Gasteiger partial charge in [-0.25, -0.2) is 4.79 Å². The summed E-state index contributed by atoms with van der Waals surface area (Å²) in [6.45, 7) is 3.47. The third-order valence-corrected chi connectivity index (χ3v) is 3.64. The van der Waals surface area contributed by atoms with Crippen molar-refractivity contribution in [3.8, 4) is 0 Å². The Balaban J connectivity index is 2.03. The Bertz CT molecular complexity index is 527. The minimum absolute atomic E-state index is 0.261. The van der Waals surface area contributed by atoms with Crippen LogP contribution < -0.4 is 5.32 Å². The lowest BCUT2D eigenvalue weighted by molar-refractivity contribution is -0.384. The van der Waals surface area contributed by atoms with Gasteiger partial charge >= 0.3 is 11.7 Å². The first-order valence-electron chi connectivity index (χ1n) is 7.06. The van der Waals surface area contributed by atoms with Gasteiger partial charge in [-0.15, -0.1) is 0 Å². The highest BCUT2D eigenvalue weighted by molar-refractivity contribution is 5.95. The lowest BCUT2D eigenvalue weighted by Gasteiger charge is -2.26. The van der Waals surface area contributed by atoms with Gasteiger partial charge < -0.3 is 15.3 Å². The molecule has 0 saturated carbocycles. The van der Waals surface area contributed by atoms with Gasteiger partial charge in [0.1, 0.15) is 11.3 Å². The summed E-state index contributed by atoms with van der Waals surface area (Å²) in [4.78, 5) is 23.8. The number of rotatable bonds is 6. The summed E-state index contributed by atoms with van der Waals surface area (Å²) in [5.74, 6) is -1.29. The zero-order valence-corrected chi connectivity index (χ0v) is 11.7. The quantitative estimate of drug-likeness (QED) is 0.616. The molecule has 2 rings (SSSR count). The zero-order valence-electron chi connectivity index (χ0n) is 11.7. The van der Waals surface area contributed by atoms with E-state index in [1.54, 1.807) is 6.07 Å². The van der Waals surface area contributed by atoms with Crippen LogP contribution in [0.25, 0.3) is 0 Å². The summed E-state index contributed by atoms with van der Waals surface area (Å²) in [5.41, 5.74) is -0.400. The van der Waals surface area contributed by atoms with Gasteiger partial charge in [0.05, 0.1) is 4.92 Å². The minimum Gasteiger partial charge on any atom is -0.477 e.